The zero-order valence-corrected chi connectivity index (χ0v) is 21.3. The zero-order valence-electron chi connectivity index (χ0n) is 21.3. The van der Waals surface area contributed by atoms with Crippen molar-refractivity contribution in [1.82, 2.24) is 10.2 Å². The van der Waals surface area contributed by atoms with Gasteiger partial charge in [-0.1, -0.05) is 48.5 Å². The van der Waals surface area contributed by atoms with Crippen LogP contribution in [0.5, 0.6) is 0 Å². The molecule has 1 aliphatic heterocycles. The van der Waals surface area contributed by atoms with Gasteiger partial charge in [0.05, 0.1) is 6.42 Å². The van der Waals surface area contributed by atoms with Crippen LogP contribution in [0.3, 0.4) is 0 Å². The predicted molar refractivity (Wildman–Crippen MR) is 133 cm³/mol. The minimum atomic E-state index is -2.80. The molecule has 0 radical (unpaired) electrons. The Hall–Kier alpha value is -3.49. The number of benzene rings is 2. The molecule has 2 amide bonds. The van der Waals surface area contributed by atoms with E-state index in [9.17, 15) is 23.2 Å². The van der Waals surface area contributed by atoms with Crippen LogP contribution < -0.4 is 5.32 Å². The highest BCUT2D eigenvalue weighted by molar-refractivity contribution is 5.88. The van der Waals surface area contributed by atoms with Gasteiger partial charge in [-0.2, -0.15) is 0 Å². The number of halogens is 2. The van der Waals surface area contributed by atoms with Crippen molar-refractivity contribution < 1.29 is 32.6 Å². The number of nitrogens with one attached hydrogen (secondary N) is 1. The number of carbonyl (C=O) groups is 3. The summed E-state index contributed by atoms with van der Waals surface area (Å²) in [6.45, 7) is 4.82. The lowest BCUT2D eigenvalue weighted by Gasteiger charge is -2.32. The van der Waals surface area contributed by atoms with Crippen molar-refractivity contribution in [3.05, 3.63) is 59.7 Å². The summed E-state index contributed by atoms with van der Waals surface area (Å²) in [6, 6.07) is 14.5. The lowest BCUT2D eigenvalue weighted by atomic mass is 9.98. The van der Waals surface area contributed by atoms with E-state index in [4.69, 9.17) is 9.47 Å². The van der Waals surface area contributed by atoms with E-state index in [1.54, 1.807) is 20.8 Å². The first-order chi connectivity index (χ1) is 17.4. The topological polar surface area (TPSA) is 84.9 Å². The Morgan fingerprint density at radius 1 is 1.00 bits per heavy atom. The molecule has 1 N–H and O–H groups in total. The lowest BCUT2D eigenvalue weighted by molar-refractivity contribution is -0.159. The summed E-state index contributed by atoms with van der Waals surface area (Å²) in [5.41, 5.74) is 3.39. The number of esters is 1. The first-order valence-electron chi connectivity index (χ1n) is 12.4. The number of nitrogens with zero attached hydrogens (tertiary/aromatic N) is 1. The number of alkyl halides is 2. The molecule has 198 valence electrons. The number of piperidine rings is 1. The largest absolute Gasteiger partial charge is 0.458 e. The molecule has 1 heterocycles. The van der Waals surface area contributed by atoms with Crippen molar-refractivity contribution in [2.24, 2.45) is 0 Å². The van der Waals surface area contributed by atoms with Crippen LogP contribution in [0.4, 0.5) is 13.6 Å². The highest BCUT2D eigenvalue weighted by Crippen LogP contribution is 2.44. The average molecular weight is 515 g/mol. The molecule has 0 saturated carbocycles. The fraction of sp³-hybridized carbons (Fsp3) is 0.464. The molecule has 2 aliphatic rings. The van der Waals surface area contributed by atoms with Gasteiger partial charge >= 0.3 is 12.1 Å². The van der Waals surface area contributed by atoms with Crippen molar-refractivity contribution in [1.29, 1.82) is 0 Å². The quantitative estimate of drug-likeness (QED) is 0.556. The lowest BCUT2D eigenvalue weighted by Crippen LogP contribution is -2.49. The van der Waals surface area contributed by atoms with Crippen LogP contribution in [0.25, 0.3) is 11.1 Å². The number of hydrogen-bond donors (Lipinski definition) is 1. The third kappa shape index (κ3) is 6.45. The molecule has 37 heavy (non-hydrogen) atoms. The molecule has 1 atom stereocenters. The normalized spacial score (nSPS) is 17.4. The first-order valence-corrected chi connectivity index (χ1v) is 12.4. The highest BCUT2D eigenvalue weighted by atomic mass is 19.3. The minimum Gasteiger partial charge on any atom is -0.458 e. The number of likely N-dealkylation sites (tertiary alicyclic amines) is 1. The van der Waals surface area contributed by atoms with Gasteiger partial charge in [0.25, 0.3) is 5.92 Å². The molecule has 2 aromatic rings. The van der Waals surface area contributed by atoms with Gasteiger partial charge in [0.2, 0.25) is 5.91 Å². The van der Waals surface area contributed by atoms with E-state index in [1.807, 2.05) is 48.5 Å². The molecule has 1 aliphatic carbocycles. The van der Waals surface area contributed by atoms with Crippen LogP contribution >= 0.6 is 0 Å². The molecule has 4 rings (SSSR count). The molecule has 0 unspecified atom stereocenters. The van der Waals surface area contributed by atoms with Gasteiger partial charge in [0.1, 0.15) is 18.2 Å². The number of fused-ring (bicyclic) bond motifs is 3. The number of carbonyl (C=O) groups excluding carboxylic acids is 3. The average Bonchev–Trinajstić information content (AvgIpc) is 3.15. The number of alkyl carbamates (subject to hydrolysis) is 1. The Labute approximate surface area is 215 Å². The van der Waals surface area contributed by atoms with Crippen molar-refractivity contribution in [2.75, 3.05) is 19.7 Å². The standard InChI is InChI=1S/C28H32F2N2O5/c1-27(2,3)37-25(34)23(16-24(33)32-14-12-28(29,30)13-15-32)31-26(35)36-17-22-20-10-6-4-8-18(20)19-9-5-7-11-21(19)22/h4-11,22-23H,12-17H2,1-3H3,(H,31,35)/t23-/m0/s1. The Kier molecular flexibility index (Phi) is 7.52. The van der Waals surface area contributed by atoms with Crippen LogP contribution in [0.15, 0.2) is 48.5 Å². The molecule has 0 bridgehead atoms. The van der Waals surface area contributed by atoms with Crippen molar-refractivity contribution in [2.45, 2.75) is 63.5 Å². The third-order valence-corrected chi connectivity index (χ3v) is 6.55. The molecule has 1 saturated heterocycles. The van der Waals surface area contributed by atoms with E-state index in [2.05, 4.69) is 5.32 Å². The summed E-state index contributed by atoms with van der Waals surface area (Å²) in [6.07, 6.45) is -2.15. The van der Waals surface area contributed by atoms with Gasteiger partial charge in [-0.05, 0) is 43.0 Å². The second-order valence-electron chi connectivity index (χ2n) is 10.5. The van der Waals surface area contributed by atoms with E-state index in [1.165, 1.54) is 4.90 Å². The molecular formula is C28H32F2N2O5. The van der Waals surface area contributed by atoms with Crippen molar-refractivity contribution in [3.8, 4) is 11.1 Å². The Morgan fingerprint density at radius 3 is 2.08 bits per heavy atom. The van der Waals surface area contributed by atoms with Gasteiger partial charge in [-0.3, -0.25) is 4.79 Å². The zero-order chi connectivity index (χ0) is 26.8. The Balaban J connectivity index is 1.42. The SMILES string of the molecule is CC(C)(C)OC(=O)[C@H](CC(=O)N1CCC(F)(F)CC1)NC(=O)OCC1c2ccccc2-c2ccccc21. The van der Waals surface area contributed by atoms with Crippen LogP contribution in [-0.2, 0) is 19.1 Å². The number of amides is 2. The fourth-order valence-corrected chi connectivity index (χ4v) is 4.74. The molecule has 0 aromatic heterocycles. The van der Waals surface area contributed by atoms with Gasteiger partial charge in [-0.25, -0.2) is 18.4 Å². The van der Waals surface area contributed by atoms with Crippen molar-refractivity contribution in [3.63, 3.8) is 0 Å². The van der Waals surface area contributed by atoms with Crippen molar-refractivity contribution >= 4 is 18.0 Å². The molecule has 2 aromatic carbocycles. The van der Waals surface area contributed by atoms with E-state index < -0.39 is 54.8 Å². The molecule has 9 heteroatoms. The molecule has 7 nitrogen and oxygen atoms in total. The van der Waals surface area contributed by atoms with Crippen LogP contribution in [-0.4, -0.2) is 60.1 Å². The Morgan fingerprint density at radius 2 is 1.54 bits per heavy atom. The summed E-state index contributed by atoms with van der Waals surface area (Å²) >= 11 is 0. The molecule has 1 fully saturated rings. The highest BCUT2D eigenvalue weighted by Gasteiger charge is 2.38. The monoisotopic (exact) mass is 514 g/mol. The second kappa shape index (κ2) is 10.5. The van der Waals surface area contributed by atoms with E-state index in [-0.39, 0.29) is 25.6 Å². The van der Waals surface area contributed by atoms with E-state index in [0.717, 1.165) is 22.3 Å². The van der Waals surface area contributed by atoms with Crippen LogP contribution in [0.2, 0.25) is 0 Å². The van der Waals surface area contributed by atoms with E-state index >= 15 is 0 Å². The Bertz CT molecular complexity index is 1120. The smallest absolute Gasteiger partial charge is 0.407 e. The second-order valence-corrected chi connectivity index (χ2v) is 10.5. The predicted octanol–water partition coefficient (Wildman–Crippen LogP) is 4.88. The van der Waals surface area contributed by atoms with Crippen LogP contribution in [0, 0.1) is 0 Å². The third-order valence-electron chi connectivity index (χ3n) is 6.55. The summed E-state index contributed by atoms with van der Waals surface area (Å²) in [7, 11) is 0. The fourth-order valence-electron chi connectivity index (χ4n) is 4.74. The van der Waals surface area contributed by atoms with Gasteiger partial charge in [-0.15, -0.1) is 0 Å². The van der Waals surface area contributed by atoms with Crippen LogP contribution in [0.1, 0.15) is 57.1 Å². The first kappa shape index (κ1) is 26.6. The maximum Gasteiger partial charge on any atom is 0.407 e. The summed E-state index contributed by atoms with van der Waals surface area (Å²) in [5, 5.41) is 2.47. The molecular weight excluding hydrogens is 482 g/mol. The van der Waals surface area contributed by atoms with E-state index in [0.29, 0.717) is 0 Å². The maximum atomic E-state index is 13.5. The van der Waals surface area contributed by atoms with Gasteiger partial charge < -0.3 is 19.7 Å². The van der Waals surface area contributed by atoms with Gasteiger partial charge in [0, 0.05) is 31.8 Å². The maximum absolute atomic E-state index is 13.5. The minimum absolute atomic E-state index is 0.0378. The molecule has 0 spiro atoms. The van der Waals surface area contributed by atoms with Gasteiger partial charge in [0.15, 0.2) is 0 Å². The number of rotatable bonds is 6. The number of ether oxygens (including phenoxy) is 2. The summed E-state index contributed by atoms with van der Waals surface area (Å²) < 4.78 is 37.9. The summed E-state index contributed by atoms with van der Waals surface area (Å²) in [5.74, 6) is -4.28. The number of hydrogen-bond acceptors (Lipinski definition) is 5. The summed E-state index contributed by atoms with van der Waals surface area (Å²) in [4.78, 5) is 39.7.